The molecular formula is C26H25F5N7O6S2-. The molecule has 0 spiro atoms. The van der Waals surface area contributed by atoms with Crippen molar-refractivity contribution in [1.29, 1.82) is 0 Å². The topological polar surface area (TPSA) is 182 Å². The van der Waals surface area contributed by atoms with Crippen LogP contribution in [0.4, 0.5) is 27.8 Å². The third-order valence-electron chi connectivity index (χ3n) is 6.72. The Hall–Kier alpha value is -4.27. The van der Waals surface area contributed by atoms with Crippen LogP contribution in [0.1, 0.15) is 24.5 Å². The zero-order valence-corrected chi connectivity index (χ0v) is 25.3. The first-order chi connectivity index (χ1) is 21.6. The molecule has 4 aromatic rings. The van der Waals surface area contributed by atoms with Crippen molar-refractivity contribution in [2.24, 2.45) is 0 Å². The Morgan fingerprint density at radius 1 is 1.09 bits per heavy atom. The number of carbonyl (C=O) groups is 1. The second-order valence-electron chi connectivity index (χ2n) is 9.69. The van der Waals surface area contributed by atoms with E-state index in [2.05, 4.69) is 23.5 Å². The number of carboxylic acids is 1. The van der Waals surface area contributed by atoms with Crippen LogP contribution in [0.25, 0.3) is 17.0 Å². The molecule has 20 heteroatoms. The maximum absolute atomic E-state index is 13.1. The number of nitrogens with one attached hydrogen (secondary N) is 2. The molecule has 1 aliphatic heterocycles. The van der Waals surface area contributed by atoms with Crippen LogP contribution in [0.15, 0.2) is 58.2 Å². The number of sulfonamides is 1. The van der Waals surface area contributed by atoms with Crippen LogP contribution in [0.5, 0.6) is 5.75 Å². The van der Waals surface area contributed by atoms with E-state index in [1.807, 2.05) is 0 Å². The Kier molecular flexibility index (Phi) is 10.2. The number of nitrogens with zero attached hydrogens (tertiary/aromatic N) is 5. The van der Waals surface area contributed by atoms with Gasteiger partial charge in [-0.15, -0.1) is 19.7 Å². The molecule has 1 atom stereocenters. The van der Waals surface area contributed by atoms with Crippen molar-refractivity contribution in [3.63, 3.8) is 0 Å². The van der Waals surface area contributed by atoms with E-state index in [0.29, 0.717) is 4.31 Å². The quantitative estimate of drug-likeness (QED) is 0.252. The molecule has 13 nitrogen and oxygen atoms in total. The Morgan fingerprint density at radius 2 is 1.74 bits per heavy atom. The molecule has 0 radical (unpaired) electrons. The number of hydrogen-bond donors (Lipinski definition) is 2. The number of halogens is 5. The highest BCUT2D eigenvalue weighted by molar-refractivity contribution is 7.89. The number of H-pyrrole nitrogens is 1. The maximum atomic E-state index is 13.1. The fraction of sp³-hybridized carbons (Fsp3) is 0.346. The van der Waals surface area contributed by atoms with Crippen LogP contribution in [-0.4, -0.2) is 74.6 Å². The summed E-state index contributed by atoms with van der Waals surface area (Å²) in [6, 6.07) is 7.74. The normalized spacial score (nSPS) is 16.2. The maximum Gasteiger partial charge on any atom is 0.573 e. The fourth-order valence-corrected chi connectivity index (χ4v) is 6.35. The standard InChI is InChI=1S/C16H13F3N6O6S2.C10H12F2N/c17-16(18,19)31-8-1-3-9(4-2-8)33(29,30)25-6-5-24(7-10(25)15(27)28)13-14(26)21-12-11(20-13)22-32-23-12;1-2-10(11,12)9-5-3-8(7-13)4-6-9/h1-4,10H,5-7H2,(H,27,28)(H,21,23,26);3-6,13H,2,7H2,1H3/q;-1/t10-;/m1./s1. The van der Waals surface area contributed by atoms with Crippen LogP contribution in [-0.2, 0) is 27.3 Å². The Balaban J connectivity index is 0.000000310. The van der Waals surface area contributed by atoms with Crippen molar-refractivity contribution >= 4 is 44.8 Å². The number of aromatic nitrogens is 4. The van der Waals surface area contributed by atoms with Gasteiger partial charge in [-0.05, 0) is 24.3 Å². The Labute approximate surface area is 261 Å². The lowest BCUT2D eigenvalue weighted by Crippen LogP contribution is -2.59. The zero-order chi connectivity index (χ0) is 33.9. The van der Waals surface area contributed by atoms with Crippen molar-refractivity contribution < 1.29 is 45.0 Å². The van der Waals surface area contributed by atoms with Gasteiger partial charge in [0.2, 0.25) is 15.7 Å². The van der Waals surface area contributed by atoms with E-state index in [1.165, 1.54) is 24.0 Å². The molecular weight excluding hydrogens is 665 g/mol. The lowest BCUT2D eigenvalue weighted by Gasteiger charge is -2.38. The SMILES string of the molecule is CCC(F)(F)c1ccc(C[NH-])cc1.O=C(O)[C@H]1CN(c2nc3nsnc3[nH]c2=O)CCN1S(=O)(=O)c1ccc(OC(F)(F)F)cc1. The second kappa shape index (κ2) is 13.6. The third-order valence-corrected chi connectivity index (χ3v) is 9.16. The summed E-state index contributed by atoms with van der Waals surface area (Å²) in [7, 11) is -4.40. The predicted octanol–water partition coefficient (Wildman–Crippen LogP) is 4.38. The first-order valence-corrected chi connectivity index (χ1v) is 15.4. The molecule has 0 amide bonds. The lowest BCUT2D eigenvalue weighted by atomic mass is 10.0. The molecule has 5 rings (SSSR count). The number of hydrogen-bond acceptors (Lipinski definition) is 10. The van der Waals surface area contributed by atoms with Crippen LogP contribution in [0.3, 0.4) is 0 Å². The van der Waals surface area contributed by atoms with Gasteiger partial charge in [-0.1, -0.05) is 36.8 Å². The van der Waals surface area contributed by atoms with E-state index >= 15 is 0 Å². The predicted molar refractivity (Wildman–Crippen MR) is 155 cm³/mol. The fourth-order valence-electron chi connectivity index (χ4n) is 4.33. The van der Waals surface area contributed by atoms with E-state index in [-0.39, 0.29) is 48.7 Å². The molecule has 2 aromatic carbocycles. The summed E-state index contributed by atoms with van der Waals surface area (Å²) >= 11 is 0.823. The lowest BCUT2D eigenvalue weighted by molar-refractivity contribution is -0.274. The molecule has 0 bridgehead atoms. The van der Waals surface area contributed by atoms with Crippen LogP contribution >= 0.6 is 11.7 Å². The van der Waals surface area contributed by atoms with E-state index in [1.54, 1.807) is 12.1 Å². The van der Waals surface area contributed by atoms with Crippen molar-refractivity contribution in [2.75, 3.05) is 24.5 Å². The van der Waals surface area contributed by atoms with Gasteiger partial charge < -0.3 is 20.5 Å². The molecule has 0 unspecified atom stereocenters. The molecule has 248 valence electrons. The highest BCUT2D eigenvalue weighted by Crippen LogP contribution is 2.31. The molecule has 46 heavy (non-hydrogen) atoms. The van der Waals surface area contributed by atoms with Crippen molar-refractivity contribution in [3.05, 3.63) is 75.7 Å². The van der Waals surface area contributed by atoms with Gasteiger partial charge in [-0.25, -0.2) is 22.2 Å². The number of aromatic amines is 1. The number of carboxylic acid groups (broad SMARTS) is 1. The Bertz CT molecular complexity index is 1830. The molecule has 2 aromatic heterocycles. The number of aliphatic carboxylic acids is 1. The van der Waals surface area contributed by atoms with Crippen molar-refractivity contribution in [2.45, 2.75) is 43.1 Å². The molecule has 3 heterocycles. The molecule has 0 aliphatic carbocycles. The monoisotopic (exact) mass is 690 g/mol. The molecule has 1 fully saturated rings. The molecule has 3 N–H and O–H groups in total. The molecule has 1 saturated heterocycles. The van der Waals surface area contributed by atoms with Crippen LogP contribution in [0.2, 0.25) is 0 Å². The first kappa shape index (κ1) is 34.6. The minimum atomic E-state index is -4.95. The minimum Gasteiger partial charge on any atom is -0.674 e. The van der Waals surface area contributed by atoms with Crippen LogP contribution < -0.4 is 15.2 Å². The summed E-state index contributed by atoms with van der Waals surface area (Å²) in [5.74, 6) is -4.97. The van der Waals surface area contributed by atoms with Gasteiger partial charge in [0.1, 0.15) is 11.8 Å². The van der Waals surface area contributed by atoms with Gasteiger partial charge in [0.25, 0.3) is 11.5 Å². The van der Waals surface area contributed by atoms with Crippen molar-refractivity contribution in [3.8, 4) is 5.75 Å². The highest BCUT2D eigenvalue weighted by atomic mass is 32.2. The average Bonchev–Trinajstić information content (AvgIpc) is 3.47. The smallest absolute Gasteiger partial charge is 0.573 e. The van der Waals surface area contributed by atoms with Gasteiger partial charge in [0.15, 0.2) is 11.5 Å². The molecule has 0 saturated carbocycles. The minimum absolute atomic E-state index is 0.0344. The number of ether oxygens (including phenoxy) is 1. The summed E-state index contributed by atoms with van der Waals surface area (Å²) in [4.78, 5) is 31.7. The third kappa shape index (κ3) is 7.92. The van der Waals surface area contributed by atoms with Gasteiger partial charge in [0.05, 0.1) is 16.6 Å². The largest absolute Gasteiger partial charge is 0.674 e. The van der Waals surface area contributed by atoms with Gasteiger partial charge in [0, 0.05) is 31.6 Å². The summed E-state index contributed by atoms with van der Waals surface area (Å²) in [6.45, 7) is 0.797. The summed E-state index contributed by atoms with van der Waals surface area (Å²) in [5.41, 5.74) is 7.50. The van der Waals surface area contributed by atoms with Crippen LogP contribution in [0, 0.1) is 0 Å². The van der Waals surface area contributed by atoms with Gasteiger partial charge in [-0.3, -0.25) is 14.6 Å². The first-order valence-electron chi connectivity index (χ1n) is 13.3. The van der Waals surface area contributed by atoms with Crippen molar-refractivity contribution in [1.82, 2.24) is 23.0 Å². The zero-order valence-electron chi connectivity index (χ0n) is 23.7. The highest BCUT2D eigenvalue weighted by Gasteiger charge is 2.41. The van der Waals surface area contributed by atoms with E-state index < -0.39 is 57.1 Å². The number of benzene rings is 2. The van der Waals surface area contributed by atoms with E-state index in [0.717, 1.165) is 41.6 Å². The Morgan fingerprint density at radius 3 is 2.30 bits per heavy atom. The number of piperazine rings is 1. The van der Waals surface area contributed by atoms with E-state index in [9.17, 15) is 45.1 Å². The summed E-state index contributed by atoms with van der Waals surface area (Å²) in [5, 5.41) is 9.66. The second-order valence-corrected chi connectivity index (χ2v) is 12.1. The summed E-state index contributed by atoms with van der Waals surface area (Å²) in [6.07, 6.45) is -5.14. The molecule has 1 aliphatic rings. The number of alkyl halides is 5. The van der Waals surface area contributed by atoms with E-state index in [4.69, 9.17) is 5.73 Å². The number of fused-ring (bicyclic) bond motifs is 1. The van der Waals surface area contributed by atoms with Gasteiger partial charge >= 0.3 is 12.3 Å². The summed E-state index contributed by atoms with van der Waals surface area (Å²) < 4.78 is 101. The van der Waals surface area contributed by atoms with Gasteiger partial charge in [-0.2, -0.15) is 13.1 Å². The average molecular weight is 691 g/mol. The number of anilines is 1. The number of rotatable bonds is 8.